The molecule has 0 bridgehead atoms. The van der Waals surface area contributed by atoms with E-state index in [2.05, 4.69) is 72.7 Å². The molecule has 9 heteroatoms. The highest BCUT2D eigenvalue weighted by atomic mass is 16.5. The highest BCUT2D eigenvalue weighted by molar-refractivity contribution is 5.71. The third-order valence-corrected chi connectivity index (χ3v) is 6.63. The van der Waals surface area contributed by atoms with Crippen LogP contribution >= 0.6 is 0 Å². The summed E-state index contributed by atoms with van der Waals surface area (Å²) in [4.78, 5) is 42.2. The predicted octanol–water partition coefficient (Wildman–Crippen LogP) is 5.87. The second-order valence-electron chi connectivity index (χ2n) is 10.3. The van der Waals surface area contributed by atoms with Gasteiger partial charge < -0.3 is 9.84 Å². The zero-order valence-electron chi connectivity index (χ0n) is 25.5. The molecule has 0 radical (unpaired) electrons. The Morgan fingerprint density at radius 2 is 1.52 bits per heavy atom. The zero-order valence-corrected chi connectivity index (χ0v) is 25.5. The van der Waals surface area contributed by atoms with Gasteiger partial charge in [-0.15, -0.1) is 0 Å². The maximum Gasteiger partial charge on any atom is 0.332 e. The van der Waals surface area contributed by atoms with Crippen LogP contribution in [0.15, 0.2) is 76.7 Å². The Balaban J connectivity index is 1.70. The van der Waals surface area contributed by atoms with Crippen LogP contribution < -0.4 is 11.2 Å². The number of rotatable bonds is 20. The summed E-state index contributed by atoms with van der Waals surface area (Å²) in [6.45, 7) is 3.95. The number of ether oxygens (including phenoxy) is 1. The molecule has 9 nitrogen and oxygen atoms in total. The largest absolute Gasteiger partial charge is 0.444 e. The molecule has 0 saturated carbocycles. The molecule has 2 aromatic heterocycles. The molecule has 2 rings (SSSR count). The van der Waals surface area contributed by atoms with Crippen LogP contribution in [0, 0.1) is 0 Å². The van der Waals surface area contributed by atoms with Crippen LogP contribution in [-0.2, 0) is 29.9 Å². The second-order valence-corrected chi connectivity index (χ2v) is 10.3. The smallest absolute Gasteiger partial charge is 0.332 e. The monoisotopic (exact) mass is 580 g/mol. The molecular weight excluding hydrogens is 532 g/mol. The number of carbonyl (C=O) groups excluding carboxylic acids is 1. The average molecular weight is 581 g/mol. The van der Waals surface area contributed by atoms with E-state index in [1.807, 2.05) is 0 Å². The van der Waals surface area contributed by atoms with Crippen molar-refractivity contribution in [2.75, 3.05) is 0 Å². The molecule has 0 aliphatic rings. The van der Waals surface area contributed by atoms with Crippen molar-refractivity contribution in [2.24, 2.45) is 7.05 Å². The van der Waals surface area contributed by atoms with Gasteiger partial charge in [0.05, 0.1) is 6.10 Å². The standard InChI is InChI=1S/C33H48N4O5/c1-4-5-6-7-8-9-10-11-12-13-14-15-16-17-18-19-20-24-29(39)42-27-36-26-34-31-30(36)32(40)37(33(41)35(31)3)25-22-21-23-28(2)38/h5-6,8-9,11-12,14-15,17-18,26,28,38H,4,7,10,13,16,19-25,27H2,1-3H3. The maximum atomic E-state index is 13.1. The van der Waals surface area contributed by atoms with E-state index in [9.17, 15) is 19.5 Å². The lowest BCUT2D eigenvalue weighted by atomic mass is 10.2. The van der Waals surface area contributed by atoms with Gasteiger partial charge in [-0.2, -0.15) is 0 Å². The Kier molecular flexibility index (Phi) is 16.6. The van der Waals surface area contributed by atoms with Crippen molar-refractivity contribution in [3.8, 4) is 0 Å². The van der Waals surface area contributed by atoms with Crippen molar-refractivity contribution in [3.05, 3.63) is 87.9 Å². The van der Waals surface area contributed by atoms with Crippen LogP contribution in [0.3, 0.4) is 0 Å². The molecule has 2 heterocycles. The lowest BCUT2D eigenvalue weighted by molar-refractivity contribution is -0.147. The van der Waals surface area contributed by atoms with Crippen molar-refractivity contribution < 1.29 is 14.6 Å². The number of unbranched alkanes of at least 4 members (excludes halogenated alkanes) is 2. The van der Waals surface area contributed by atoms with E-state index < -0.39 is 17.4 Å². The first-order valence-electron chi connectivity index (χ1n) is 15.1. The normalized spacial score (nSPS) is 13.2. The van der Waals surface area contributed by atoms with Gasteiger partial charge >= 0.3 is 11.7 Å². The highest BCUT2D eigenvalue weighted by Gasteiger charge is 2.17. The van der Waals surface area contributed by atoms with Crippen LogP contribution in [0.25, 0.3) is 11.2 Å². The van der Waals surface area contributed by atoms with Crippen molar-refractivity contribution in [2.45, 2.75) is 104 Å². The van der Waals surface area contributed by atoms with Gasteiger partial charge in [0.2, 0.25) is 0 Å². The first-order valence-corrected chi connectivity index (χ1v) is 15.1. The van der Waals surface area contributed by atoms with E-state index in [4.69, 9.17) is 4.74 Å². The van der Waals surface area contributed by atoms with E-state index in [0.717, 1.165) is 38.5 Å². The molecule has 0 spiro atoms. The van der Waals surface area contributed by atoms with Gasteiger partial charge in [-0.3, -0.25) is 23.3 Å². The van der Waals surface area contributed by atoms with Crippen molar-refractivity contribution in [1.82, 2.24) is 18.7 Å². The van der Waals surface area contributed by atoms with E-state index in [1.165, 1.54) is 20.0 Å². The zero-order chi connectivity index (χ0) is 30.6. The minimum atomic E-state index is -0.461. The second kappa shape index (κ2) is 20.2. The highest BCUT2D eigenvalue weighted by Crippen LogP contribution is 2.08. The van der Waals surface area contributed by atoms with Crippen molar-refractivity contribution in [1.29, 1.82) is 0 Å². The van der Waals surface area contributed by atoms with Crippen LogP contribution in [0.5, 0.6) is 0 Å². The van der Waals surface area contributed by atoms with Gasteiger partial charge in [0, 0.05) is 20.0 Å². The van der Waals surface area contributed by atoms with Gasteiger partial charge in [-0.1, -0.05) is 67.7 Å². The third kappa shape index (κ3) is 12.4. The summed E-state index contributed by atoms with van der Waals surface area (Å²) in [6.07, 6.45) is 30.9. The number of nitrogens with zero attached hydrogens (tertiary/aromatic N) is 4. The molecule has 0 fully saturated rings. The molecule has 1 atom stereocenters. The number of allylic oxidation sites excluding steroid dienone is 10. The van der Waals surface area contributed by atoms with E-state index in [0.29, 0.717) is 25.7 Å². The Bertz CT molecular complexity index is 1350. The Morgan fingerprint density at radius 3 is 2.12 bits per heavy atom. The summed E-state index contributed by atoms with van der Waals surface area (Å²) in [5.41, 5.74) is -0.433. The van der Waals surface area contributed by atoms with E-state index >= 15 is 0 Å². The summed E-state index contributed by atoms with van der Waals surface area (Å²) >= 11 is 0. The molecule has 1 N–H and O–H groups in total. The molecule has 42 heavy (non-hydrogen) atoms. The number of aryl methyl sites for hydroxylation is 1. The topological polar surface area (TPSA) is 108 Å². The first kappa shape index (κ1) is 34.5. The molecule has 0 aliphatic heterocycles. The van der Waals surface area contributed by atoms with E-state index in [1.54, 1.807) is 14.0 Å². The Hall–Kier alpha value is -3.72. The van der Waals surface area contributed by atoms with Crippen molar-refractivity contribution in [3.63, 3.8) is 0 Å². The molecular formula is C33H48N4O5. The van der Waals surface area contributed by atoms with Crippen molar-refractivity contribution >= 4 is 17.1 Å². The molecule has 0 saturated heterocycles. The van der Waals surface area contributed by atoms with Gasteiger partial charge in [0.1, 0.15) is 6.33 Å². The molecule has 0 amide bonds. The average Bonchev–Trinajstić information content (AvgIpc) is 3.40. The number of aliphatic hydroxyl groups is 1. The Morgan fingerprint density at radius 1 is 0.929 bits per heavy atom. The quantitative estimate of drug-likeness (QED) is 0.119. The van der Waals surface area contributed by atoms with Crippen LogP contribution in [-0.4, -0.2) is 35.9 Å². The number of hydrogen-bond acceptors (Lipinski definition) is 6. The fraction of sp³-hybridized carbons (Fsp3) is 0.515. The molecule has 0 aliphatic carbocycles. The Labute approximate surface area is 249 Å². The summed E-state index contributed by atoms with van der Waals surface area (Å²) in [5.74, 6) is -0.354. The fourth-order valence-corrected chi connectivity index (χ4v) is 4.27. The maximum absolute atomic E-state index is 13.1. The van der Waals surface area contributed by atoms with Crippen LogP contribution in [0.1, 0.15) is 84.5 Å². The fourth-order valence-electron chi connectivity index (χ4n) is 4.27. The number of hydrogen-bond donors (Lipinski definition) is 1. The lowest BCUT2D eigenvalue weighted by Crippen LogP contribution is -2.39. The number of esters is 1. The molecule has 0 aromatic carbocycles. The van der Waals surface area contributed by atoms with Gasteiger partial charge in [-0.25, -0.2) is 9.78 Å². The minimum absolute atomic E-state index is 0.146. The minimum Gasteiger partial charge on any atom is -0.444 e. The number of fused-ring (bicyclic) bond motifs is 1. The van der Waals surface area contributed by atoms with Gasteiger partial charge in [0.15, 0.2) is 17.9 Å². The number of imidazole rings is 1. The molecule has 2 aromatic rings. The summed E-state index contributed by atoms with van der Waals surface area (Å²) in [6, 6.07) is 0. The molecule has 230 valence electrons. The van der Waals surface area contributed by atoms with Crippen LogP contribution in [0.4, 0.5) is 0 Å². The number of aromatic nitrogens is 4. The van der Waals surface area contributed by atoms with Gasteiger partial charge in [-0.05, 0) is 71.1 Å². The summed E-state index contributed by atoms with van der Waals surface area (Å²) in [7, 11) is 1.56. The summed E-state index contributed by atoms with van der Waals surface area (Å²) < 4.78 is 9.35. The lowest BCUT2D eigenvalue weighted by Gasteiger charge is -2.10. The van der Waals surface area contributed by atoms with Gasteiger partial charge in [0.25, 0.3) is 5.56 Å². The SMILES string of the molecule is CCC=CCC=CCC=CCC=CCC=CCCCC(=O)OCn1cnc2c1c(=O)n(CCCCC(C)O)c(=O)n2C. The number of aliphatic hydroxyl groups excluding tert-OH is 1. The predicted molar refractivity (Wildman–Crippen MR) is 169 cm³/mol. The van der Waals surface area contributed by atoms with Crippen LogP contribution in [0.2, 0.25) is 0 Å². The van der Waals surface area contributed by atoms with E-state index in [-0.39, 0.29) is 36.8 Å². The molecule has 1 unspecified atom stereocenters. The summed E-state index contributed by atoms with van der Waals surface area (Å²) in [5, 5.41) is 9.43. The number of carbonyl (C=O) groups is 1. The third-order valence-electron chi connectivity index (χ3n) is 6.63. The first-order chi connectivity index (χ1) is 20.4.